The summed E-state index contributed by atoms with van der Waals surface area (Å²) in [5, 5.41) is 37.6. The number of esters is 2. The summed E-state index contributed by atoms with van der Waals surface area (Å²) in [5.74, 6) is -2.03. The summed E-state index contributed by atoms with van der Waals surface area (Å²) in [7, 11) is 0. The lowest BCUT2D eigenvalue weighted by Crippen LogP contribution is -2.49. The standard InChI is InChI=1S/C20H25N5O3.C15H20N4O2.C5H7NO2.CH4/c1-4-28-18(26)15-10-23-17-14(7-8-22-17)16(15)24-13-6-5-9-25(11-13)19(27)20(2,3)12-21;1-2-21-15(20)12-9-18-14-11(5-7-17-14)13(12)19-10-4-3-6-16-8-10;1-5(2,3-6)4(7)8;/h7-8,10,13H,4-6,9,11H2,1-3H3,(H2,22,23,24);5,7,9-10,16H,2-4,6,8H2,1H3,(H2,17,18,19);1-2H3,(H,7,8);1H4/t13-;10-;;/m11../s1. The Morgan fingerprint density at radius 1 is 0.845 bits per heavy atom. The van der Waals surface area contributed by atoms with E-state index >= 15 is 0 Å². The number of ether oxygens (including phenoxy) is 2. The van der Waals surface area contributed by atoms with E-state index in [-0.39, 0.29) is 32.0 Å². The van der Waals surface area contributed by atoms with Crippen LogP contribution in [0, 0.1) is 33.5 Å². The summed E-state index contributed by atoms with van der Waals surface area (Å²) in [6, 6.07) is 7.78. The molecule has 2 aliphatic heterocycles. The molecular formula is C41H56N10O7. The van der Waals surface area contributed by atoms with Crippen LogP contribution in [0.2, 0.25) is 0 Å². The molecule has 2 saturated heterocycles. The molecule has 6 heterocycles. The molecule has 2 fully saturated rings. The van der Waals surface area contributed by atoms with Crippen molar-refractivity contribution in [3.8, 4) is 12.1 Å². The summed E-state index contributed by atoms with van der Waals surface area (Å²) in [4.78, 5) is 63.7. The van der Waals surface area contributed by atoms with Gasteiger partial charge >= 0.3 is 17.9 Å². The van der Waals surface area contributed by atoms with Gasteiger partial charge in [0, 0.05) is 67.3 Å². The van der Waals surface area contributed by atoms with Crippen LogP contribution in [0.25, 0.3) is 22.1 Å². The molecule has 17 nitrogen and oxygen atoms in total. The monoisotopic (exact) mass is 800 g/mol. The maximum absolute atomic E-state index is 12.7. The number of nitrogens with zero attached hydrogens (tertiary/aromatic N) is 5. The molecule has 2 atom stereocenters. The fourth-order valence-electron chi connectivity index (χ4n) is 6.21. The first-order chi connectivity index (χ1) is 27.2. The fraction of sp³-hybridized carbons (Fsp3) is 0.512. The molecule has 0 spiro atoms. The van der Waals surface area contributed by atoms with Gasteiger partial charge in [0.1, 0.15) is 33.3 Å². The minimum absolute atomic E-state index is 0. The molecule has 1 amide bonds. The van der Waals surface area contributed by atoms with Gasteiger partial charge in [0.25, 0.3) is 0 Å². The number of aliphatic carboxylic acids is 1. The molecule has 0 unspecified atom stereocenters. The van der Waals surface area contributed by atoms with E-state index in [9.17, 15) is 24.4 Å². The highest BCUT2D eigenvalue weighted by Gasteiger charge is 2.35. The first-order valence-electron chi connectivity index (χ1n) is 19.0. The van der Waals surface area contributed by atoms with Crippen LogP contribution in [-0.4, -0.2) is 105 Å². The number of carboxylic acids is 1. The molecule has 4 aromatic heterocycles. The van der Waals surface area contributed by atoms with Gasteiger partial charge < -0.3 is 45.4 Å². The van der Waals surface area contributed by atoms with E-state index in [0.717, 1.165) is 60.9 Å². The highest BCUT2D eigenvalue weighted by molar-refractivity contribution is 6.05. The summed E-state index contributed by atoms with van der Waals surface area (Å²) >= 11 is 0. The van der Waals surface area contributed by atoms with Crippen molar-refractivity contribution in [2.75, 3.05) is 50.0 Å². The van der Waals surface area contributed by atoms with Gasteiger partial charge in [-0.3, -0.25) is 9.59 Å². The maximum Gasteiger partial charge on any atom is 0.341 e. The molecule has 58 heavy (non-hydrogen) atoms. The predicted octanol–water partition coefficient (Wildman–Crippen LogP) is 5.85. The Hall–Kier alpha value is -6.20. The molecule has 312 valence electrons. The van der Waals surface area contributed by atoms with Crippen LogP contribution < -0.4 is 16.0 Å². The van der Waals surface area contributed by atoms with Crippen LogP contribution >= 0.6 is 0 Å². The number of fused-ring (bicyclic) bond motifs is 2. The lowest BCUT2D eigenvalue weighted by atomic mass is 9.92. The number of carbonyl (C=O) groups is 4. The van der Waals surface area contributed by atoms with Crippen molar-refractivity contribution in [1.29, 1.82) is 10.5 Å². The topological polar surface area (TPSA) is 251 Å². The van der Waals surface area contributed by atoms with E-state index in [1.54, 1.807) is 51.1 Å². The Labute approximate surface area is 338 Å². The number of nitrogens with one attached hydrogen (secondary N) is 5. The van der Waals surface area contributed by atoms with Gasteiger partial charge in [-0.05, 0) is 85.9 Å². The number of hydrogen-bond acceptors (Lipinski definition) is 13. The van der Waals surface area contributed by atoms with Crippen LogP contribution in [0.3, 0.4) is 0 Å². The van der Waals surface area contributed by atoms with Gasteiger partial charge in [-0.15, -0.1) is 0 Å². The zero-order valence-corrected chi connectivity index (χ0v) is 33.3. The quantitative estimate of drug-likeness (QED) is 0.103. The SMILES string of the molecule is C.CC(C)(C#N)C(=O)O.CCOC(=O)c1cnc2[nH]ccc2c1N[C@@H]1CCCN(C(=O)C(C)(C)C#N)C1.CCOC(=O)c1cnc2[nH]ccc2c1N[C@@H]1CCCNC1. The minimum Gasteiger partial charge on any atom is -0.480 e. The molecule has 0 saturated carbocycles. The molecule has 4 aromatic rings. The number of carbonyl (C=O) groups excluding carboxylic acids is 3. The van der Waals surface area contributed by atoms with Crippen LogP contribution in [0.1, 0.15) is 95.4 Å². The zero-order chi connectivity index (χ0) is 41.8. The minimum atomic E-state index is -1.24. The second-order valence-electron chi connectivity index (χ2n) is 14.7. The number of carboxylic acid groups (broad SMARTS) is 1. The number of amides is 1. The van der Waals surface area contributed by atoms with Gasteiger partial charge in [0.2, 0.25) is 5.91 Å². The van der Waals surface area contributed by atoms with Gasteiger partial charge in [-0.1, -0.05) is 7.43 Å². The first kappa shape index (κ1) is 46.2. The average Bonchev–Trinajstić information content (AvgIpc) is 3.90. The van der Waals surface area contributed by atoms with Crippen LogP contribution in [0.15, 0.2) is 36.9 Å². The van der Waals surface area contributed by atoms with E-state index in [4.69, 9.17) is 19.8 Å². The summed E-state index contributed by atoms with van der Waals surface area (Å²) < 4.78 is 10.3. The van der Waals surface area contributed by atoms with Crippen molar-refractivity contribution in [3.63, 3.8) is 0 Å². The number of pyridine rings is 2. The highest BCUT2D eigenvalue weighted by Crippen LogP contribution is 2.30. The number of likely N-dealkylation sites (tertiary alicyclic amines) is 1. The van der Waals surface area contributed by atoms with Crippen LogP contribution in [0.4, 0.5) is 11.4 Å². The van der Waals surface area contributed by atoms with Crippen molar-refractivity contribution in [3.05, 3.63) is 48.0 Å². The van der Waals surface area contributed by atoms with E-state index in [0.29, 0.717) is 48.2 Å². The lowest BCUT2D eigenvalue weighted by molar-refractivity contribution is -0.143. The molecule has 17 heteroatoms. The number of rotatable bonds is 10. The Morgan fingerprint density at radius 3 is 1.78 bits per heavy atom. The highest BCUT2D eigenvalue weighted by atomic mass is 16.5. The lowest BCUT2D eigenvalue weighted by Gasteiger charge is -2.36. The van der Waals surface area contributed by atoms with Crippen molar-refractivity contribution < 1.29 is 33.8 Å². The summed E-state index contributed by atoms with van der Waals surface area (Å²) in [5.41, 5.74) is 1.49. The maximum atomic E-state index is 12.7. The van der Waals surface area contributed by atoms with Crippen LogP contribution in [0.5, 0.6) is 0 Å². The second-order valence-corrected chi connectivity index (χ2v) is 14.7. The molecule has 0 bridgehead atoms. The Kier molecular flexibility index (Phi) is 16.6. The zero-order valence-electron chi connectivity index (χ0n) is 33.3. The van der Waals surface area contributed by atoms with Crippen molar-refractivity contribution >= 4 is 57.3 Å². The number of aromatic amines is 2. The predicted molar refractivity (Wildman–Crippen MR) is 220 cm³/mol. The third-order valence-electron chi connectivity index (χ3n) is 9.49. The van der Waals surface area contributed by atoms with Gasteiger partial charge in [-0.2, -0.15) is 10.5 Å². The van der Waals surface area contributed by atoms with E-state index in [1.807, 2.05) is 18.3 Å². The Bertz CT molecular complexity index is 2120. The molecule has 0 radical (unpaired) electrons. The molecule has 6 rings (SSSR count). The Balaban J connectivity index is 0.000000264. The molecule has 0 aliphatic carbocycles. The summed E-state index contributed by atoms with van der Waals surface area (Å²) in [6.07, 6.45) is 10.6. The van der Waals surface area contributed by atoms with Gasteiger partial charge in [-0.25, -0.2) is 19.6 Å². The number of H-pyrrole nitrogens is 2. The van der Waals surface area contributed by atoms with E-state index < -0.39 is 22.8 Å². The number of nitriles is 2. The number of hydrogen-bond donors (Lipinski definition) is 6. The van der Waals surface area contributed by atoms with E-state index in [2.05, 4.69) is 42.0 Å². The normalized spacial score (nSPS) is 16.4. The summed E-state index contributed by atoms with van der Waals surface area (Å²) in [6.45, 7) is 13.2. The molecule has 6 N–H and O–H groups in total. The second kappa shape index (κ2) is 20.8. The molecular weight excluding hydrogens is 745 g/mol. The largest absolute Gasteiger partial charge is 0.480 e. The smallest absolute Gasteiger partial charge is 0.341 e. The average molecular weight is 801 g/mol. The van der Waals surface area contributed by atoms with Crippen LogP contribution in [-0.2, 0) is 19.1 Å². The fourth-order valence-corrected chi connectivity index (χ4v) is 6.21. The third-order valence-corrected chi connectivity index (χ3v) is 9.49. The molecule has 2 aliphatic rings. The molecule has 0 aromatic carbocycles. The van der Waals surface area contributed by atoms with E-state index in [1.165, 1.54) is 20.0 Å². The first-order valence-corrected chi connectivity index (χ1v) is 19.0. The van der Waals surface area contributed by atoms with Crippen molar-refractivity contribution in [2.45, 2.75) is 86.7 Å². The number of aromatic nitrogens is 4. The third kappa shape index (κ3) is 11.4. The number of piperidine rings is 2. The Morgan fingerprint density at radius 2 is 1.34 bits per heavy atom. The number of anilines is 2. The van der Waals surface area contributed by atoms with Crippen molar-refractivity contribution in [1.82, 2.24) is 30.2 Å². The van der Waals surface area contributed by atoms with Gasteiger partial charge in [0.15, 0.2) is 0 Å². The van der Waals surface area contributed by atoms with Crippen molar-refractivity contribution in [2.24, 2.45) is 10.8 Å². The van der Waals surface area contributed by atoms with Gasteiger partial charge in [0.05, 0.1) is 36.7 Å².